The summed E-state index contributed by atoms with van der Waals surface area (Å²) in [6.07, 6.45) is -3.66. The SMILES string of the molecule is O=C(CSc1ccc(C(F)(F)F)cn1)N1CCN(C(=O)CN2CCOCC2)CC1. The molecule has 3 rings (SSSR count). The first-order valence-electron chi connectivity index (χ1n) is 9.34. The number of pyridine rings is 1. The zero-order valence-corrected chi connectivity index (χ0v) is 16.7. The molecule has 2 fully saturated rings. The van der Waals surface area contributed by atoms with Gasteiger partial charge >= 0.3 is 6.18 Å². The van der Waals surface area contributed by atoms with Crippen LogP contribution < -0.4 is 0 Å². The first-order chi connectivity index (χ1) is 13.8. The van der Waals surface area contributed by atoms with E-state index in [1.165, 1.54) is 6.07 Å². The normalized spacial score (nSPS) is 18.7. The number of alkyl halides is 3. The molecular weight excluding hydrogens is 409 g/mol. The molecule has 2 aliphatic rings. The van der Waals surface area contributed by atoms with Crippen LogP contribution in [-0.2, 0) is 20.5 Å². The molecule has 3 heterocycles. The van der Waals surface area contributed by atoms with Crippen LogP contribution in [-0.4, -0.2) is 96.3 Å². The summed E-state index contributed by atoms with van der Waals surface area (Å²) in [5.41, 5.74) is -0.814. The van der Waals surface area contributed by atoms with Crippen LogP contribution in [0.3, 0.4) is 0 Å². The fraction of sp³-hybridized carbons (Fsp3) is 0.611. The highest BCUT2D eigenvalue weighted by atomic mass is 32.2. The molecule has 0 saturated carbocycles. The summed E-state index contributed by atoms with van der Waals surface area (Å²) < 4.78 is 42.9. The van der Waals surface area contributed by atoms with Gasteiger partial charge in [-0.05, 0) is 12.1 Å². The molecule has 1 aromatic rings. The Balaban J connectivity index is 1.40. The summed E-state index contributed by atoms with van der Waals surface area (Å²) in [5, 5.41) is 0.366. The fourth-order valence-corrected chi connectivity index (χ4v) is 3.86. The number of halogens is 3. The second-order valence-corrected chi connectivity index (χ2v) is 7.82. The minimum Gasteiger partial charge on any atom is -0.379 e. The van der Waals surface area contributed by atoms with Crippen LogP contribution >= 0.6 is 11.8 Å². The predicted molar refractivity (Wildman–Crippen MR) is 100 cm³/mol. The van der Waals surface area contributed by atoms with Gasteiger partial charge in [-0.1, -0.05) is 11.8 Å². The number of nitrogens with zero attached hydrogens (tertiary/aromatic N) is 4. The van der Waals surface area contributed by atoms with Crippen LogP contribution in [0.25, 0.3) is 0 Å². The molecular formula is C18H23F3N4O3S. The molecule has 0 atom stereocenters. The molecule has 0 unspecified atom stereocenters. The number of thioether (sulfide) groups is 1. The first-order valence-corrected chi connectivity index (χ1v) is 10.3. The van der Waals surface area contributed by atoms with Crippen molar-refractivity contribution >= 4 is 23.6 Å². The molecule has 0 aromatic carbocycles. The van der Waals surface area contributed by atoms with Gasteiger partial charge in [-0.3, -0.25) is 14.5 Å². The average Bonchev–Trinajstić information content (AvgIpc) is 2.72. The van der Waals surface area contributed by atoms with Crippen molar-refractivity contribution in [2.45, 2.75) is 11.2 Å². The molecule has 0 aliphatic carbocycles. The summed E-state index contributed by atoms with van der Waals surface area (Å²) in [7, 11) is 0. The molecule has 0 N–H and O–H groups in total. The molecule has 0 spiro atoms. The Morgan fingerprint density at radius 1 is 1.00 bits per heavy atom. The lowest BCUT2D eigenvalue weighted by atomic mass is 10.3. The van der Waals surface area contributed by atoms with E-state index in [-0.39, 0.29) is 17.6 Å². The van der Waals surface area contributed by atoms with Crippen molar-refractivity contribution in [2.24, 2.45) is 0 Å². The van der Waals surface area contributed by atoms with Gasteiger partial charge in [0.25, 0.3) is 0 Å². The van der Waals surface area contributed by atoms with Crippen molar-refractivity contribution < 1.29 is 27.5 Å². The molecule has 29 heavy (non-hydrogen) atoms. The standard InChI is InChI=1S/C18H23F3N4O3S/c19-18(20,21)14-1-2-15(22-11-14)29-13-17(27)25-5-3-24(4-6-25)16(26)12-23-7-9-28-10-8-23/h1-2,11H,3-10,12-13H2. The maximum Gasteiger partial charge on any atom is 0.417 e. The second-order valence-electron chi connectivity index (χ2n) is 6.82. The molecule has 0 bridgehead atoms. The first kappa shape index (κ1) is 21.8. The molecule has 2 aliphatic heterocycles. The van der Waals surface area contributed by atoms with Crippen LogP contribution in [0, 0.1) is 0 Å². The number of carbonyl (C=O) groups is 2. The van der Waals surface area contributed by atoms with E-state index in [2.05, 4.69) is 9.88 Å². The summed E-state index contributed by atoms with van der Waals surface area (Å²) in [6, 6.07) is 2.22. The van der Waals surface area contributed by atoms with Gasteiger partial charge < -0.3 is 14.5 Å². The zero-order valence-electron chi connectivity index (χ0n) is 15.9. The molecule has 7 nitrogen and oxygen atoms in total. The number of aromatic nitrogens is 1. The van der Waals surface area contributed by atoms with Gasteiger partial charge in [-0.15, -0.1) is 0 Å². The Hall–Kier alpha value is -1.85. The summed E-state index contributed by atoms with van der Waals surface area (Å²) in [5.74, 6) is 0.0411. The van der Waals surface area contributed by atoms with E-state index in [0.29, 0.717) is 51.0 Å². The van der Waals surface area contributed by atoms with E-state index in [9.17, 15) is 22.8 Å². The molecule has 11 heteroatoms. The number of rotatable bonds is 5. The second kappa shape index (κ2) is 9.77. The number of piperazine rings is 1. The molecule has 2 amide bonds. The quantitative estimate of drug-likeness (QED) is 0.652. The highest BCUT2D eigenvalue weighted by Gasteiger charge is 2.31. The lowest BCUT2D eigenvalue weighted by molar-refractivity contribution is -0.139. The third-order valence-electron chi connectivity index (χ3n) is 4.85. The third-order valence-corrected chi connectivity index (χ3v) is 5.78. The van der Waals surface area contributed by atoms with Crippen molar-refractivity contribution in [3.8, 4) is 0 Å². The monoisotopic (exact) mass is 432 g/mol. The van der Waals surface area contributed by atoms with E-state index >= 15 is 0 Å². The van der Waals surface area contributed by atoms with Crippen molar-refractivity contribution in [3.05, 3.63) is 23.9 Å². The number of amides is 2. The van der Waals surface area contributed by atoms with E-state index in [4.69, 9.17) is 4.74 Å². The van der Waals surface area contributed by atoms with E-state index in [1.807, 2.05) is 0 Å². The van der Waals surface area contributed by atoms with Gasteiger partial charge in [0.2, 0.25) is 11.8 Å². The average molecular weight is 432 g/mol. The molecule has 0 radical (unpaired) electrons. The Bertz CT molecular complexity index is 703. The van der Waals surface area contributed by atoms with Crippen molar-refractivity contribution in [1.29, 1.82) is 0 Å². The van der Waals surface area contributed by atoms with E-state index < -0.39 is 11.7 Å². The van der Waals surface area contributed by atoms with Gasteiger partial charge in [-0.2, -0.15) is 13.2 Å². The van der Waals surface area contributed by atoms with Crippen molar-refractivity contribution in [2.75, 3.05) is 64.8 Å². The van der Waals surface area contributed by atoms with E-state index in [1.54, 1.807) is 9.80 Å². The van der Waals surface area contributed by atoms with Crippen LogP contribution in [0.1, 0.15) is 5.56 Å². The lowest BCUT2D eigenvalue weighted by Crippen LogP contribution is -2.53. The summed E-state index contributed by atoms with van der Waals surface area (Å²) in [6.45, 7) is 5.02. The minimum absolute atomic E-state index is 0.0577. The maximum atomic E-state index is 12.6. The van der Waals surface area contributed by atoms with Crippen molar-refractivity contribution in [1.82, 2.24) is 19.7 Å². The highest BCUT2D eigenvalue weighted by molar-refractivity contribution is 7.99. The smallest absolute Gasteiger partial charge is 0.379 e. The van der Waals surface area contributed by atoms with E-state index in [0.717, 1.165) is 37.1 Å². The number of hydrogen-bond donors (Lipinski definition) is 0. The minimum atomic E-state index is -4.43. The number of ether oxygens (including phenoxy) is 1. The van der Waals surface area contributed by atoms with Gasteiger partial charge in [0.15, 0.2) is 0 Å². The Morgan fingerprint density at radius 2 is 1.62 bits per heavy atom. The lowest BCUT2D eigenvalue weighted by Gasteiger charge is -2.36. The number of carbonyl (C=O) groups excluding carboxylic acids is 2. The van der Waals surface area contributed by atoms with Gasteiger partial charge in [0, 0.05) is 45.5 Å². The molecule has 1 aromatic heterocycles. The van der Waals surface area contributed by atoms with Crippen molar-refractivity contribution in [3.63, 3.8) is 0 Å². The Labute approximate surface area is 171 Å². The number of hydrogen-bond acceptors (Lipinski definition) is 6. The van der Waals surface area contributed by atoms with Crippen LogP contribution in [0.4, 0.5) is 13.2 Å². The summed E-state index contributed by atoms with van der Waals surface area (Å²) >= 11 is 1.10. The Kier molecular flexibility index (Phi) is 7.36. The van der Waals surface area contributed by atoms with Gasteiger partial charge in [0.1, 0.15) is 0 Å². The summed E-state index contributed by atoms with van der Waals surface area (Å²) in [4.78, 5) is 34.0. The van der Waals surface area contributed by atoms with Crippen LogP contribution in [0.5, 0.6) is 0 Å². The van der Waals surface area contributed by atoms with Gasteiger partial charge in [-0.25, -0.2) is 4.98 Å². The predicted octanol–water partition coefficient (Wildman–Crippen LogP) is 1.20. The Morgan fingerprint density at radius 3 is 2.17 bits per heavy atom. The topological polar surface area (TPSA) is 66.0 Å². The highest BCUT2D eigenvalue weighted by Crippen LogP contribution is 2.29. The third kappa shape index (κ3) is 6.31. The van der Waals surface area contributed by atoms with Gasteiger partial charge in [0.05, 0.1) is 36.1 Å². The molecule has 160 valence electrons. The van der Waals surface area contributed by atoms with Crippen LogP contribution in [0.15, 0.2) is 23.4 Å². The maximum absolute atomic E-state index is 12.6. The zero-order chi connectivity index (χ0) is 20.9. The largest absolute Gasteiger partial charge is 0.417 e. The molecule has 2 saturated heterocycles. The van der Waals surface area contributed by atoms with Crippen LogP contribution in [0.2, 0.25) is 0 Å². The fourth-order valence-electron chi connectivity index (χ4n) is 3.12. The number of morpholine rings is 1.